The highest BCUT2D eigenvalue weighted by molar-refractivity contribution is 5.96. The zero-order chi connectivity index (χ0) is 11.6. The summed E-state index contributed by atoms with van der Waals surface area (Å²) in [6.45, 7) is 4.00. The first kappa shape index (κ1) is 11.6. The first-order chi connectivity index (χ1) is 6.95. The molecule has 0 radical (unpaired) electrons. The highest BCUT2D eigenvalue weighted by atomic mass is 16.4. The number of aromatic carboxylic acids is 1. The predicted octanol–water partition coefficient (Wildman–Crippen LogP) is 2.57. The van der Waals surface area contributed by atoms with Crippen LogP contribution in [0.1, 0.15) is 35.7 Å². The van der Waals surface area contributed by atoms with Gasteiger partial charge in [0, 0.05) is 14.1 Å². The summed E-state index contributed by atoms with van der Waals surface area (Å²) in [7, 11) is 3.71. The van der Waals surface area contributed by atoms with Crippen LogP contribution in [0.5, 0.6) is 0 Å². The number of hydrogen-bond donors (Lipinski definition) is 1. The van der Waals surface area contributed by atoms with E-state index in [0.29, 0.717) is 5.56 Å². The van der Waals surface area contributed by atoms with Crippen LogP contribution >= 0.6 is 0 Å². The Hall–Kier alpha value is -1.51. The Morgan fingerprint density at radius 1 is 1.33 bits per heavy atom. The predicted molar refractivity (Wildman–Crippen MR) is 61.8 cm³/mol. The fourth-order valence-corrected chi connectivity index (χ4v) is 1.64. The Morgan fingerprint density at radius 3 is 2.33 bits per heavy atom. The number of hydrogen-bond acceptors (Lipinski definition) is 2. The molecule has 0 aromatic heterocycles. The van der Waals surface area contributed by atoms with E-state index in [-0.39, 0.29) is 5.92 Å². The third-order valence-corrected chi connectivity index (χ3v) is 2.39. The summed E-state index contributed by atoms with van der Waals surface area (Å²) in [4.78, 5) is 13.1. The van der Waals surface area contributed by atoms with Crippen molar-refractivity contribution < 1.29 is 9.90 Å². The van der Waals surface area contributed by atoms with Gasteiger partial charge in [0.2, 0.25) is 0 Å². The summed E-state index contributed by atoms with van der Waals surface area (Å²) in [6.07, 6.45) is 0. The van der Waals surface area contributed by atoms with Gasteiger partial charge in [-0.3, -0.25) is 0 Å². The lowest BCUT2D eigenvalue weighted by molar-refractivity contribution is 0.0696. The van der Waals surface area contributed by atoms with Crippen LogP contribution in [0.3, 0.4) is 0 Å². The van der Waals surface area contributed by atoms with Gasteiger partial charge in [-0.05, 0) is 17.5 Å². The molecule has 0 amide bonds. The van der Waals surface area contributed by atoms with Crippen molar-refractivity contribution >= 4 is 11.7 Å². The Labute approximate surface area is 90.3 Å². The molecule has 0 aliphatic carbocycles. The molecular formula is C12H17NO2. The summed E-state index contributed by atoms with van der Waals surface area (Å²) in [5.74, 6) is -0.640. The lowest BCUT2D eigenvalue weighted by Gasteiger charge is -2.19. The van der Waals surface area contributed by atoms with Crippen molar-refractivity contribution in [3.05, 3.63) is 29.3 Å². The molecule has 0 aliphatic heterocycles. The van der Waals surface area contributed by atoms with Crippen molar-refractivity contribution in [2.75, 3.05) is 19.0 Å². The molecule has 1 aromatic carbocycles. The number of carboxylic acid groups (broad SMARTS) is 1. The van der Waals surface area contributed by atoms with Crippen LogP contribution in [0.4, 0.5) is 5.69 Å². The Kier molecular flexibility index (Phi) is 3.35. The zero-order valence-electron chi connectivity index (χ0n) is 9.61. The van der Waals surface area contributed by atoms with E-state index in [1.807, 2.05) is 51.0 Å². The molecule has 0 heterocycles. The van der Waals surface area contributed by atoms with Gasteiger partial charge < -0.3 is 10.0 Å². The van der Waals surface area contributed by atoms with E-state index in [1.165, 1.54) is 0 Å². The molecule has 1 aromatic rings. The molecule has 0 unspecified atom stereocenters. The van der Waals surface area contributed by atoms with Crippen molar-refractivity contribution in [1.29, 1.82) is 0 Å². The normalized spacial score (nSPS) is 10.5. The maximum atomic E-state index is 11.2. The van der Waals surface area contributed by atoms with Crippen molar-refractivity contribution in [1.82, 2.24) is 0 Å². The molecule has 0 atom stereocenters. The largest absolute Gasteiger partial charge is 0.478 e. The summed E-state index contributed by atoms with van der Waals surface area (Å²) >= 11 is 0. The minimum Gasteiger partial charge on any atom is -0.478 e. The number of benzene rings is 1. The van der Waals surface area contributed by atoms with Gasteiger partial charge in [-0.2, -0.15) is 0 Å². The molecule has 3 heteroatoms. The third-order valence-electron chi connectivity index (χ3n) is 2.39. The van der Waals surface area contributed by atoms with Gasteiger partial charge >= 0.3 is 5.97 Å². The number of carbonyl (C=O) groups is 1. The molecule has 3 nitrogen and oxygen atoms in total. The number of nitrogens with zero attached hydrogens (tertiary/aromatic N) is 1. The number of anilines is 1. The van der Waals surface area contributed by atoms with E-state index < -0.39 is 5.97 Å². The molecule has 0 saturated heterocycles. The Bertz CT molecular complexity index is 344. The molecule has 1 N–H and O–H groups in total. The van der Waals surface area contributed by atoms with Crippen molar-refractivity contribution in [2.24, 2.45) is 0 Å². The lowest BCUT2D eigenvalue weighted by Crippen LogP contribution is -2.16. The van der Waals surface area contributed by atoms with E-state index in [4.69, 9.17) is 0 Å². The second-order valence-corrected chi connectivity index (χ2v) is 4.10. The van der Waals surface area contributed by atoms with Gasteiger partial charge in [-0.25, -0.2) is 4.79 Å². The number of carboxylic acids is 1. The second-order valence-electron chi connectivity index (χ2n) is 4.10. The quantitative estimate of drug-likeness (QED) is 0.828. The van der Waals surface area contributed by atoms with Gasteiger partial charge in [0.05, 0.1) is 11.3 Å². The first-order valence-electron chi connectivity index (χ1n) is 4.98. The molecule has 82 valence electrons. The lowest BCUT2D eigenvalue weighted by atomic mass is 9.95. The average Bonchev–Trinajstić information content (AvgIpc) is 2.16. The standard InChI is InChI=1S/C12H17NO2/c1-8(2)9-6-5-7-10(13(3)4)11(9)12(14)15/h5-8H,1-4H3,(H,14,15). The van der Waals surface area contributed by atoms with E-state index in [0.717, 1.165) is 11.3 Å². The van der Waals surface area contributed by atoms with Crippen molar-refractivity contribution in [3.8, 4) is 0 Å². The van der Waals surface area contributed by atoms with Crippen LogP contribution < -0.4 is 4.90 Å². The van der Waals surface area contributed by atoms with E-state index in [2.05, 4.69) is 0 Å². The monoisotopic (exact) mass is 207 g/mol. The molecule has 1 rings (SSSR count). The number of rotatable bonds is 3. The highest BCUT2D eigenvalue weighted by Gasteiger charge is 2.17. The maximum absolute atomic E-state index is 11.2. The summed E-state index contributed by atoms with van der Waals surface area (Å²) in [6, 6.07) is 5.60. The first-order valence-corrected chi connectivity index (χ1v) is 4.98. The molecule has 0 bridgehead atoms. The second kappa shape index (κ2) is 4.34. The van der Waals surface area contributed by atoms with Crippen LogP contribution in [0.15, 0.2) is 18.2 Å². The molecule has 0 saturated carbocycles. The SMILES string of the molecule is CC(C)c1cccc(N(C)C)c1C(=O)O. The highest BCUT2D eigenvalue weighted by Crippen LogP contribution is 2.27. The van der Waals surface area contributed by atoms with E-state index >= 15 is 0 Å². The maximum Gasteiger partial charge on any atom is 0.338 e. The van der Waals surface area contributed by atoms with Gasteiger partial charge in [0.1, 0.15) is 0 Å². The van der Waals surface area contributed by atoms with Crippen LogP contribution in [-0.4, -0.2) is 25.2 Å². The van der Waals surface area contributed by atoms with Gasteiger partial charge in [0.15, 0.2) is 0 Å². The molecule has 15 heavy (non-hydrogen) atoms. The Morgan fingerprint density at radius 2 is 1.93 bits per heavy atom. The van der Waals surface area contributed by atoms with Crippen molar-refractivity contribution in [3.63, 3.8) is 0 Å². The minimum atomic E-state index is -0.858. The van der Waals surface area contributed by atoms with Crippen LogP contribution in [-0.2, 0) is 0 Å². The molecular weight excluding hydrogens is 190 g/mol. The smallest absolute Gasteiger partial charge is 0.338 e. The van der Waals surface area contributed by atoms with Crippen molar-refractivity contribution in [2.45, 2.75) is 19.8 Å². The van der Waals surface area contributed by atoms with E-state index in [1.54, 1.807) is 0 Å². The van der Waals surface area contributed by atoms with E-state index in [9.17, 15) is 9.90 Å². The minimum absolute atomic E-state index is 0.219. The van der Waals surface area contributed by atoms with Gasteiger partial charge in [-0.15, -0.1) is 0 Å². The molecule has 0 spiro atoms. The topological polar surface area (TPSA) is 40.5 Å². The summed E-state index contributed by atoms with van der Waals surface area (Å²) < 4.78 is 0. The van der Waals surface area contributed by atoms with Crippen LogP contribution in [0.2, 0.25) is 0 Å². The average molecular weight is 207 g/mol. The zero-order valence-corrected chi connectivity index (χ0v) is 9.61. The fourth-order valence-electron chi connectivity index (χ4n) is 1.64. The van der Waals surface area contributed by atoms with Crippen LogP contribution in [0, 0.1) is 0 Å². The van der Waals surface area contributed by atoms with Gasteiger partial charge in [0.25, 0.3) is 0 Å². The van der Waals surface area contributed by atoms with Crippen LogP contribution in [0.25, 0.3) is 0 Å². The summed E-state index contributed by atoms with van der Waals surface area (Å²) in [5.41, 5.74) is 2.06. The molecule has 0 aliphatic rings. The van der Waals surface area contributed by atoms with Gasteiger partial charge in [-0.1, -0.05) is 26.0 Å². The Balaban J connectivity index is 3.42. The molecule has 0 fully saturated rings. The third kappa shape index (κ3) is 2.29. The summed E-state index contributed by atoms with van der Waals surface area (Å²) in [5, 5.41) is 9.22. The fraction of sp³-hybridized carbons (Fsp3) is 0.417.